The minimum Gasteiger partial charge on any atom is -0.388 e. The van der Waals surface area contributed by atoms with Crippen LogP contribution in [0.2, 0.25) is 0 Å². The molecule has 1 N–H and O–H groups in total. The molecule has 0 spiro atoms. The van der Waals surface area contributed by atoms with Gasteiger partial charge in [0.05, 0.1) is 6.10 Å². The third kappa shape index (κ3) is 3.62. The van der Waals surface area contributed by atoms with Gasteiger partial charge in [0.2, 0.25) is 0 Å². The van der Waals surface area contributed by atoms with Crippen molar-refractivity contribution >= 4 is 15.9 Å². The van der Waals surface area contributed by atoms with Crippen molar-refractivity contribution in [3.05, 3.63) is 34.3 Å². The molecule has 0 saturated heterocycles. The highest BCUT2D eigenvalue weighted by Gasteiger charge is 2.17. The van der Waals surface area contributed by atoms with Crippen LogP contribution in [0.15, 0.2) is 28.7 Å². The second-order valence-corrected chi connectivity index (χ2v) is 4.87. The predicted octanol–water partition coefficient (Wildman–Crippen LogP) is 4.31. The van der Waals surface area contributed by atoms with E-state index in [1.807, 2.05) is 24.3 Å². The number of hydrogen-bond acceptors (Lipinski definition) is 1. The van der Waals surface area contributed by atoms with E-state index in [4.69, 9.17) is 0 Å². The fourth-order valence-electron chi connectivity index (χ4n) is 1.89. The zero-order valence-corrected chi connectivity index (χ0v) is 11.0. The summed E-state index contributed by atoms with van der Waals surface area (Å²) in [5.74, 6) is 0.385. The summed E-state index contributed by atoms with van der Waals surface area (Å²) < 4.78 is 1.06. The van der Waals surface area contributed by atoms with Crippen molar-refractivity contribution in [2.24, 2.45) is 5.92 Å². The maximum Gasteiger partial charge on any atom is 0.0818 e. The molecule has 84 valence electrons. The van der Waals surface area contributed by atoms with E-state index in [1.54, 1.807) is 0 Å². The maximum absolute atomic E-state index is 10.2. The van der Waals surface area contributed by atoms with Crippen LogP contribution < -0.4 is 0 Å². The molecule has 0 saturated carbocycles. The number of rotatable bonds is 5. The lowest BCUT2D eigenvalue weighted by molar-refractivity contribution is 0.0998. The van der Waals surface area contributed by atoms with Gasteiger partial charge in [0.1, 0.15) is 0 Å². The lowest BCUT2D eigenvalue weighted by Crippen LogP contribution is -2.11. The first-order valence-corrected chi connectivity index (χ1v) is 6.41. The van der Waals surface area contributed by atoms with E-state index in [9.17, 15) is 5.11 Å². The summed E-state index contributed by atoms with van der Waals surface area (Å²) in [6.07, 6.45) is 2.94. The largest absolute Gasteiger partial charge is 0.388 e. The van der Waals surface area contributed by atoms with Crippen molar-refractivity contribution in [1.29, 1.82) is 0 Å². The number of hydrogen-bond donors (Lipinski definition) is 1. The van der Waals surface area contributed by atoms with Gasteiger partial charge in [0.25, 0.3) is 0 Å². The van der Waals surface area contributed by atoms with Crippen molar-refractivity contribution in [3.63, 3.8) is 0 Å². The zero-order valence-electron chi connectivity index (χ0n) is 9.41. The average Bonchev–Trinajstić information content (AvgIpc) is 2.26. The van der Waals surface area contributed by atoms with Crippen molar-refractivity contribution in [2.75, 3.05) is 0 Å². The molecule has 0 fully saturated rings. The minimum atomic E-state index is -0.317. The summed E-state index contributed by atoms with van der Waals surface area (Å²) in [5, 5.41) is 10.2. The summed E-state index contributed by atoms with van der Waals surface area (Å²) in [7, 11) is 0. The summed E-state index contributed by atoms with van der Waals surface area (Å²) >= 11 is 3.40. The van der Waals surface area contributed by atoms with E-state index in [-0.39, 0.29) is 6.10 Å². The second kappa shape index (κ2) is 6.29. The second-order valence-electron chi connectivity index (χ2n) is 3.95. The highest BCUT2D eigenvalue weighted by molar-refractivity contribution is 9.10. The Morgan fingerprint density at radius 1 is 1.20 bits per heavy atom. The van der Waals surface area contributed by atoms with Crippen LogP contribution in [0.5, 0.6) is 0 Å². The van der Waals surface area contributed by atoms with Gasteiger partial charge in [-0.25, -0.2) is 0 Å². The monoisotopic (exact) mass is 270 g/mol. The van der Waals surface area contributed by atoms with Crippen LogP contribution in [0, 0.1) is 5.92 Å². The van der Waals surface area contributed by atoms with E-state index >= 15 is 0 Å². The van der Waals surface area contributed by atoms with Gasteiger partial charge in [-0.2, -0.15) is 0 Å². The maximum atomic E-state index is 10.2. The molecule has 0 aromatic heterocycles. The van der Waals surface area contributed by atoms with E-state index in [0.717, 1.165) is 29.3 Å². The molecule has 0 heterocycles. The standard InChI is InChI=1S/C13H19BrO/c1-3-5-10(4-2)13(15)11-6-8-12(14)9-7-11/h6-10,13,15H,3-5H2,1-2H3. The number of halogens is 1. The van der Waals surface area contributed by atoms with Gasteiger partial charge < -0.3 is 5.11 Å². The molecule has 0 aliphatic rings. The Labute approximate surface area is 101 Å². The first-order valence-electron chi connectivity index (χ1n) is 5.62. The first kappa shape index (κ1) is 12.7. The molecule has 2 heteroatoms. The Morgan fingerprint density at radius 3 is 2.27 bits per heavy atom. The molecule has 15 heavy (non-hydrogen) atoms. The van der Waals surface area contributed by atoms with Crippen LogP contribution >= 0.6 is 15.9 Å². The van der Waals surface area contributed by atoms with Gasteiger partial charge in [0, 0.05) is 4.47 Å². The molecule has 1 aromatic carbocycles. The van der Waals surface area contributed by atoms with Gasteiger partial charge in [-0.3, -0.25) is 0 Å². The Kier molecular flexibility index (Phi) is 5.34. The van der Waals surface area contributed by atoms with Crippen molar-refractivity contribution in [3.8, 4) is 0 Å². The Bertz CT molecular complexity index is 281. The average molecular weight is 271 g/mol. The summed E-state index contributed by atoms with van der Waals surface area (Å²) in [6, 6.07) is 7.95. The lowest BCUT2D eigenvalue weighted by Gasteiger charge is -2.21. The third-order valence-corrected chi connectivity index (χ3v) is 3.37. The van der Waals surface area contributed by atoms with Gasteiger partial charge in [0.15, 0.2) is 0 Å². The minimum absolute atomic E-state index is 0.317. The fraction of sp³-hybridized carbons (Fsp3) is 0.538. The predicted molar refractivity (Wildman–Crippen MR) is 67.8 cm³/mol. The zero-order chi connectivity index (χ0) is 11.3. The molecule has 1 rings (SSSR count). The Hall–Kier alpha value is -0.340. The van der Waals surface area contributed by atoms with E-state index in [2.05, 4.69) is 29.8 Å². The first-order chi connectivity index (χ1) is 7.19. The third-order valence-electron chi connectivity index (χ3n) is 2.84. The van der Waals surface area contributed by atoms with Crippen LogP contribution in [0.3, 0.4) is 0 Å². The van der Waals surface area contributed by atoms with E-state index in [0.29, 0.717) is 5.92 Å². The molecule has 2 unspecified atom stereocenters. The van der Waals surface area contributed by atoms with Crippen molar-refractivity contribution in [1.82, 2.24) is 0 Å². The van der Waals surface area contributed by atoms with Crippen LogP contribution in [0.25, 0.3) is 0 Å². The van der Waals surface area contributed by atoms with Crippen LogP contribution in [-0.2, 0) is 0 Å². The quantitative estimate of drug-likeness (QED) is 0.846. The highest BCUT2D eigenvalue weighted by atomic mass is 79.9. The molecule has 0 amide bonds. The summed E-state index contributed by atoms with van der Waals surface area (Å²) in [5.41, 5.74) is 1.03. The topological polar surface area (TPSA) is 20.2 Å². The van der Waals surface area contributed by atoms with Crippen molar-refractivity contribution < 1.29 is 5.11 Å². The lowest BCUT2D eigenvalue weighted by atomic mass is 9.90. The molecule has 0 bridgehead atoms. The molecular formula is C13H19BrO. The van der Waals surface area contributed by atoms with Crippen LogP contribution in [-0.4, -0.2) is 5.11 Å². The van der Waals surface area contributed by atoms with Gasteiger partial charge in [-0.15, -0.1) is 0 Å². The van der Waals surface area contributed by atoms with E-state index < -0.39 is 0 Å². The fourth-order valence-corrected chi connectivity index (χ4v) is 2.15. The summed E-state index contributed by atoms with van der Waals surface area (Å²) in [6.45, 7) is 4.30. The Balaban J connectivity index is 2.73. The Morgan fingerprint density at radius 2 is 1.80 bits per heavy atom. The van der Waals surface area contributed by atoms with Gasteiger partial charge in [-0.1, -0.05) is 54.8 Å². The molecular weight excluding hydrogens is 252 g/mol. The van der Waals surface area contributed by atoms with E-state index in [1.165, 1.54) is 0 Å². The molecule has 0 radical (unpaired) electrons. The summed E-state index contributed by atoms with van der Waals surface area (Å²) in [4.78, 5) is 0. The van der Waals surface area contributed by atoms with Gasteiger partial charge >= 0.3 is 0 Å². The molecule has 1 aromatic rings. The molecule has 1 nitrogen and oxygen atoms in total. The smallest absolute Gasteiger partial charge is 0.0818 e. The van der Waals surface area contributed by atoms with Crippen molar-refractivity contribution in [2.45, 2.75) is 39.2 Å². The number of aliphatic hydroxyl groups is 1. The normalized spacial score (nSPS) is 14.9. The molecule has 0 aliphatic carbocycles. The highest BCUT2D eigenvalue weighted by Crippen LogP contribution is 2.28. The molecule has 0 aliphatic heterocycles. The number of benzene rings is 1. The SMILES string of the molecule is CCCC(CC)C(O)c1ccc(Br)cc1. The molecule has 2 atom stereocenters. The van der Waals surface area contributed by atoms with Crippen LogP contribution in [0.4, 0.5) is 0 Å². The number of aliphatic hydroxyl groups excluding tert-OH is 1. The van der Waals surface area contributed by atoms with Gasteiger partial charge in [-0.05, 0) is 30.0 Å². The van der Waals surface area contributed by atoms with Crippen LogP contribution in [0.1, 0.15) is 44.8 Å².